The van der Waals surface area contributed by atoms with Crippen LogP contribution >= 0.6 is 0 Å². The summed E-state index contributed by atoms with van der Waals surface area (Å²) in [7, 11) is 0. The van der Waals surface area contributed by atoms with E-state index in [4.69, 9.17) is 15.5 Å². The first kappa shape index (κ1) is 17.0. The van der Waals surface area contributed by atoms with Crippen molar-refractivity contribution in [2.45, 2.75) is 25.3 Å². The van der Waals surface area contributed by atoms with E-state index in [0.717, 1.165) is 31.0 Å². The van der Waals surface area contributed by atoms with Crippen LogP contribution < -0.4 is 16.0 Å². The zero-order chi connectivity index (χ0) is 19.3. The van der Waals surface area contributed by atoms with Gasteiger partial charge in [0.25, 0.3) is 5.91 Å². The number of carbonyl (C=O) groups excluding carboxylic acids is 1. The SMILES string of the molecule is Nc1nn2ccc3nc2c1C(=O)NCCOC1=CC=C(F)CC1[C@H]1CCCN31. The van der Waals surface area contributed by atoms with E-state index in [2.05, 4.69) is 15.3 Å². The van der Waals surface area contributed by atoms with Crippen LogP contribution in [0.2, 0.25) is 0 Å². The second-order valence-corrected chi connectivity index (χ2v) is 7.31. The van der Waals surface area contributed by atoms with Crippen LogP contribution in [0.15, 0.2) is 36.0 Å². The van der Waals surface area contributed by atoms with Gasteiger partial charge in [-0.2, -0.15) is 0 Å². The Morgan fingerprint density at radius 3 is 3.14 bits per heavy atom. The van der Waals surface area contributed by atoms with Crippen molar-refractivity contribution in [3.63, 3.8) is 0 Å². The number of carbonyl (C=O) groups is 1. The number of nitrogens with one attached hydrogen (secondary N) is 1. The van der Waals surface area contributed by atoms with Crippen molar-refractivity contribution < 1.29 is 13.9 Å². The molecule has 2 bridgehead atoms. The van der Waals surface area contributed by atoms with E-state index in [1.165, 1.54) is 10.6 Å². The van der Waals surface area contributed by atoms with Crippen LogP contribution in [0.4, 0.5) is 16.0 Å². The lowest BCUT2D eigenvalue weighted by Gasteiger charge is -2.34. The predicted octanol–water partition coefficient (Wildman–Crippen LogP) is 1.80. The molecule has 5 rings (SSSR count). The van der Waals surface area contributed by atoms with Crippen molar-refractivity contribution in [2.75, 3.05) is 30.3 Å². The quantitative estimate of drug-likeness (QED) is 0.719. The standard InChI is InChI=1S/C19H21FN6O2/c20-11-3-4-14-12(10-11)13-2-1-7-25(13)15-5-8-26-18(23-15)16(17(21)24-26)19(27)22-6-9-28-14/h3-5,8,12-13H,1-2,6-7,9-10H2,(H2,21,24)(H,22,27)/t12?,13-/m1/s1. The number of halogens is 1. The fourth-order valence-corrected chi connectivity index (χ4v) is 4.39. The van der Waals surface area contributed by atoms with E-state index in [1.807, 2.05) is 6.07 Å². The minimum atomic E-state index is -0.335. The summed E-state index contributed by atoms with van der Waals surface area (Å²) < 4.78 is 21.6. The van der Waals surface area contributed by atoms with Crippen molar-refractivity contribution in [2.24, 2.45) is 5.92 Å². The lowest BCUT2D eigenvalue weighted by Crippen LogP contribution is -2.38. The molecule has 0 saturated carbocycles. The molecule has 8 nitrogen and oxygen atoms in total. The number of allylic oxidation sites excluding steroid dienone is 3. The molecule has 4 heterocycles. The summed E-state index contributed by atoms with van der Waals surface area (Å²) in [5.41, 5.74) is 6.66. The van der Waals surface area contributed by atoms with E-state index in [-0.39, 0.29) is 35.1 Å². The number of anilines is 2. The Morgan fingerprint density at radius 2 is 2.25 bits per heavy atom. The topological polar surface area (TPSA) is 97.8 Å². The number of nitrogens with zero attached hydrogens (tertiary/aromatic N) is 4. The first-order chi connectivity index (χ1) is 13.6. The van der Waals surface area contributed by atoms with Crippen molar-refractivity contribution in [3.05, 3.63) is 41.6 Å². The number of hydrogen-bond donors (Lipinski definition) is 2. The molecule has 3 aliphatic rings. The van der Waals surface area contributed by atoms with Crippen LogP contribution in [-0.2, 0) is 4.74 Å². The van der Waals surface area contributed by atoms with Crippen molar-refractivity contribution in [1.82, 2.24) is 19.9 Å². The Bertz CT molecular complexity index is 1010. The molecule has 1 amide bonds. The Morgan fingerprint density at radius 1 is 1.36 bits per heavy atom. The average Bonchev–Trinajstić information content (AvgIpc) is 3.28. The first-order valence-corrected chi connectivity index (χ1v) is 9.50. The molecule has 2 aliphatic heterocycles. The number of fused-ring (bicyclic) bond motifs is 5. The molecule has 2 atom stereocenters. The monoisotopic (exact) mass is 384 g/mol. The Hall–Kier alpha value is -3.10. The van der Waals surface area contributed by atoms with Crippen molar-refractivity contribution in [3.8, 4) is 0 Å². The third-order valence-corrected chi connectivity index (χ3v) is 5.65. The first-order valence-electron chi connectivity index (χ1n) is 9.50. The van der Waals surface area contributed by atoms with Crippen LogP contribution in [0.5, 0.6) is 0 Å². The second kappa shape index (κ2) is 6.50. The fraction of sp³-hybridized carbons (Fsp3) is 0.421. The molecular formula is C19H21FN6O2. The number of nitrogens with two attached hydrogens (primary N) is 1. The largest absolute Gasteiger partial charge is 0.496 e. The summed E-state index contributed by atoms with van der Waals surface area (Å²) in [6.07, 6.45) is 7.16. The number of rotatable bonds is 0. The Labute approximate surface area is 160 Å². The van der Waals surface area contributed by atoms with Crippen molar-refractivity contribution >= 4 is 23.2 Å². The number of aromatic nitrogens is 3. The average molecular weight is 384 g/mol. The normalized spacial score (nSPS) is 24.9. The molecule has 1 fully saturated rings. The molecule has 3 N–H and O–H groups in total. The molecule has 28 heavy (non-hydrogen) atoms. The van der Waals surface area contributed by atoms with Crippen LogP contribution in [0.1, 0.15) is 29.6 Å². The molecule has 0 radical (unpaired) electrons. The van der Waals surface area contributed by atoms with E-state index < -0.39 is 0 Å². The van der Waals surface area contributed by atoms with Gasteiger partial charge in [-0.3, -0.25) is 4.79 Å². The maximum Gasteiger partial charge on any atom is 0.259 e. The third-order valence-electron chi connectivity index (χ3n) is 5.65. The smallest absolute Gasteiger partial charge is 0.259 e. The second-order valence-electron chi connectivity index (χ2n) is 7.31. The van der Waals surface area contributed by atoms with Gasteiger partial charge in [-0.1, -0.05) is 0 Å². The molecule has 9 heteroatoms. The summed E-state index contributed by atoms with van der Waals surface area (Å²) in [5, 5.41) is 7.00. The van der Waals surface area contributed by atoms with Gasteiger partial charge in [-0.05, 0) is 31.1 Å². The van der Waals surface area contributed by atoms with E-state index in [1.54, 1.807) is 12.3 Å². The zero-order valence-corrected chi connectivity index (χ0v) is 15.3. The lowest BCUT2D eigenvalue weighted by atomic mass is 9.88. The summed E-state index contributed by atoms with van der Waals surface area (Å²) in [4.78, 5) is 19.5. The number of ether oxygens (including phenoxy) is 1. The zero-order valence-electron chi connectivity index (χ0n) is 15.3. The third kappa shape index (κ3) is 2.69. The summed E-state index contributed by atoms with van der Waals surface area (Å²) in [6.45, 7) is 1.42. The molecule has 0 spiro atoms. The molecular weight excluding hydrogens is 363 g/mol. The van der Waals surface area contributed by atoms with E-state index >= 15 is 0 Å². The minimum absolute atomic E-state index is 0.0776. The van der Waals surface area contributed by atoms with Gasteiger partial charge in [0, 0.05) is 31.1 Å². The highest BCUT2D eigenvalue weighted by Gasteiger charge is 2.37. The van der Waals surface area contributed by atoms with Gasteiger partial charge in [-0.25, -0.2) is 13.9 Å². The maximum atomic E-state index is 14.1. The molecule has 146 valence electrons. The van der Waals surface area contributed by atoms with Gasteiger partial charge in [0.1, 0.15) is 29.6 Å². The predicted molar refractivity (Wildman–Crippen MR) is 101 cm³/mol. The number of nitrogen functional groups attached to an aromatic ring is 1. The van der Waals surface area contributed by atoms with Crippen molar-refractivity contribution in [1.29, 1.82) is 0 Å². The van der Waals surface area contributed by atoms with Crippen LogP contribution in [0.25, 0.3) is 5.65 Å². The maximum absolute atomic E-state index is 14.1. The van der Waals surface area contributed by atoms with Gasteiger partial charge in [0.15, 0.2) is 11.5 Å². The molecule has 2 aromatic rings. The molecule has 1 saturated heterocycles. The molecule has 1 unspecified atom stereocenters. The summed E-state index contributed by atoms with van der Waals surface area (Å²) >= 11 is 0. The van der Waals surface area contributed by atoms with Gasteiger partial charge in [0.05, 0.1) is 6.54 Å². The summed E-state index contributed by atoms with van der Waals surface area (Å²) in [5.74, 6) is 1.07. The molecule has 2 aromatic heterocycles. The van der Waals surface area contributed by atoms with Gasteiger partial charge in [-0.15, -0.1) is 5.10 Å². The molecule has 0 aromatic carbocycles. The lowest BCUT2D eigenvalue weighted by molar-refractivity contribution is 0.0934. The fourth-order valence-electron chi connectivity index (χ4n) is 4.39. The highest BCUT2D eigenvalue weighted by Crippen LogP contribution is 2.38. The number of hydrogen-bond acceptors (Lipinski definition) is 6. The Kier molecular flexibility index (Phi) is 3.96. The van der Waals surface area contributed by atoms with Crippen LogP contribution in [0.3, 0.4) is 0 Å². The number of amides is 1. The van der Waals surface area contributed by atoms with E-state index in [0.29, 0.717) is 25.2 Å². The van der Waals surface area contributed by atoms with Gasteiger partial charge >= 0.3 is 0 Å². The van der Waals surface area contributed by atoms with Crippen LogP contribution in [-0.4, -0.2) is 46.2 Å². The van der Waals surface area contributed by atoms with Crippen LogP contribution in [0, 0.1) is 5.92 Å². The van der Waals surface area contributed by atoms with Gasteiger partial charge < -0.3 is 20.7 Å². The highest BCUT2D eigenvalue weighted by molar-refractivity contribution is 6.04. The molecule has 1 aliphatic carbocycles. The minimum Gasteiger partial charge on any atom is -0.496 e. The van der Waals surface area contributed by atoms with Gasteiger partial charge in [0.2, 0.25) is 0 Å². The van der Waals surface area contributed by atoms with E-state index in [9.17, 15) is 9.18 Å². The highest BCUT2D eigenvalue weighted by atomic mass is 19.1. The summed E-state index contributed by atoms with van der Waals surface area (Å²) in [6, 6.07) is 1.94. The Balaban J connectivity index is 1.63.